The summed E-state index contributed by atoms with van der Waals surface area (Å²) in [6.45, 7) is 1.03. The fourth-order valence-electron chi connectivity index (χ4n) is 2.34. The number of nitrogens with zero attached hydrogens (tertiary/aromatic N) is 4. The third kappa shape index (κ3) is 2.84. The van der Waals surface area contributed by atoms with E-state index < -0.39 is 10.2 Å². The average molecular weight is 353 g/mol. The van der Waals surface area contributed by atoms with Crippen molar-refractivity contribution in [1.82, 2.24) is 13.3 Å². The van der Waals surface area contributed by atoms with Gasteiger partial charge in [0.1, 0.15) is 11.8 Å². The summed E-state index contributed by atoms with van der Waals surface area (Å²) in [5.41, 5.74) is 0.908. The maximum atomic E-state index is 12.8. The van der Waals surface area contributed by atoms with E-state index in [9.17, 15) is 13.7 Å². The van der Waals surface area contributed by atoms with Crippen molar-refractivity contribution in [3.63, 3.8) is 0 Å². The fraction of sp³-hybridized carbons (Fsp3) is 0.286. The van der Waals surface area contributed by atoms with Crippen LogP contribution < -0.4 is 0 Å². The van der Waals surface area contributed by atoms with Gasteiger partial charge < -0.3 is 4.74 Å². The van der Waals surface area contributed by atoms with Gasteiger partial charge >= 0.3 is 10.2 Å². The van der Waals surface area contributed by atoms with Gasteiger partial charge in [-0.3, -0.25) is 0 Å². The number of halogens is 1. The Labute approximate surface area is 138 Å². The van der Waals surface area contributed by atoms with Gasteiger partial charge in [-0.25, -0.2) is 4.98 Å². The van der Waals surface area contributed by atoms with Crippen LogP contribution in [0.25, 0.3) is 11.3 Å². The Morgan fingerprint density at radius 1 is 1.22 bits per heavy atom. The molecular weight excluding hydrogens is 340 g/mol. The molecule has 0 spiro atoms. The zero-order chi connectivity index (χ0) is 16.4. The molecule has 23 heavy (non-hydrogen) atoms. The van der Waals surface area contributed by atoms with E-state index in [1.165, 1.54) is 4.31 Å². The molecule has 0 radical (unpaired) electrons. The first-order valence-electron chi connectivity index (χ1n) is 6.88. The average Bonchev–Trinajstić information content (AvgIpc) is 2.94. The van der Waals surface area contributed by atoms with Crippen molar-refractivity contribution in [1.29, 1.82) is 5.26 Å². The van der Waals surface area contributed by atoms with Gasteiger partial charge in [0.15, 0.2) is 5.15 Å². The molecule has 1 aliphatic rings. The van der Waals surface area contributed by atoms with Crippen LogP contribution in [0.2, 0.25) is 5.15 Å². The Bertz CT molecular complexity index is 852. The van der Waals surface area contributed by atoms with E-state index >= 15 is 0 Å². The number of imidazole rings is 1. The smallest absolute Gasteiger partial charge is 0.311 e. The zero-order valence-corrected chi connectivity index (χ0v) is 13.6. The molecule has 0 bridgehead atoms. The Hall–Kier alpha value is -1.92. The molecule has 1 aliphatic heterocycles. The lowest BCUT2D eigenvalue weighted by Crippen LogP contribution is -2.43. The largest absolute Gasteiger partial charge is 0.379 e. The van der Waals surface area contributed by atoms with E-state index in [0.29, 0.717) is 18.8 Å². The molecule has 0 atom stereocenters. The second kappa shape index (κ2) is 6.29. The highest BCUT2D eigenvalue weighted by atomic mass is 35.5. The molecule has 9 heteroatoms. The molecule has 0 aliphatic carbocycles. The van der Waals surface area contributed by atoms with Crippen LogP contribution in [0, 0.1) is 11.3 Å². The van der Waals surface area contributed by atoms with Crippen LogP contribution in [0.15, 0.2) is 30.3 Å². The van der Waals surface area contributed by atoms with Crippen LogP contribution in [-0.4, -0.2) is 48.0 Å². The van der Waals surface area contributed by atoms with Crippen molar-refractivity contribution in [2.75, 3.05) is 26.3 Å². The van der Waals surface area contributed by atoms with Gasteiger partial charge in [0.25, 0.3) is 0 Å². The van der Waals surface area contributed by atoms with Gasteiger partial charge in [-0.05, 0) is 0 Å². The van der Waals surface area contributed by atoms with E-state index in [2.05, 4.69) is 4.98 Å². The summed E-state index contributed by atoms with van der Waals surface area (Å²) < 4.78 is 32.8. The molecule has 2 aromatic rings. The minimum Gasteiger partial charge on any atom is -0.379 e. The Morgan fingerprint density at radius 3 is 2.48 bits per heavy atom. The molecule has 0 saturated carbocycles. The number of nitriles is 1. The molecule has 2 heterocycles. The van der Waals surface area contributed by atoms with Gasteiger partial charge in [0, 0.05) is 18.7 Å². The van der Waals surface area contributed by atoms with E-state index in [1.807, 2.05) is 6.07 Å². The van der Waals surface area contributed by atoms with Crippen molar-refractivity contribution in [3.05, 3.63) is 41.3 Å². The van der Waals surface area contributed by atoms with Crippen LogP contribution >= 0.6 is 11.6 Å². The van der Waals surface area contributed by atoms with Crippen molar-refractivity contribution in [2.45, 2.75) is 0 Å². The van der Waals surface area contributed by atoms with Gasteiger partial charge in [0.05, 0.1) is 13.2 Å². The number of aromatic nitrogens is 2. The van der Waals surface area contributed by atoms with Gasteiger partial charge in [-0.2, -0.15) is 22.0 Å². The van der Waals surface area contributed by atoms with Crippen molar-refractivity contribution < 1.29 is 13.2 Å². The topological polar surface area (TPSA) is 88.2 Å². The molecule has 0 N–H and O–H groups in total. The number of rotatable bonds is 3. The molecular formula is C14H13ClN4O3S. The van der Waals surface area contributed by atoms with Gasteiger partial charge in [0.2, 0.25) is 5.82 Å². The summed E-state index contributed by atoms with van der Waals surface area (Å²) in [4.78, 5) is 4.09. The fourth-order valence-corrected chi connectivity index (χ4v) is 4.26. The SMILES string of the molecule is N#Cc1nc(-c2ccccc2)c(Cl)n1S(=O)(=O)N1CCOCC1. The summed E-state index contributed by atoms with van der Waals surface area (Å²) in [6.07, 6.45) is 0. The number of morpholine rings is 1. The third-order valence-corrected chi connectivity index (χ3v) is 5.74. The summed E-state index contributed by atoms with van der Waals surface area (Å²) >= 11 is 6.26. The highest BCUT2D eigenvalue weighted by Crippen LogP contribution is 2.30. The van der Waals surface area contributed by atoms with Gasteiger partial charge in [-0.1, -0.05) is 41.9 Å². The number of ether oxygens (including phenoxy) is 1. The number of hydrogen-bond donors (Lipinski definition) is 0. The minimum absolute atomic E-state index is 0.0979. The number of hydrogen-bond acceptors (Lipinski definition) is 5. The molecule has 1 aromatic heterocycles. The third-order valence-electron chi connectivity index (χ3n) is 3.46. The molecule has 120 valence electrons. The van der Waals surface area contributed by atoms with Crippen molar-refractivity contribution in [3.8, 4) is 17.3 Å². The molecule has 1 aromatic carbocycles. The van der Waals surface area contributed by atoms with E-state index in [0.717, 1.165) is 3.97 Å². The number of benzene rings is 1. The quantitative estimate of drug-likeness (QED) is 0.835. The lowest BCUT2D eigenvalue weighted by atomic mass is 10.2. The summed E-state index contributed by atoms with van der Waals surface area (Å²) in [5.74, 6) is -0.264. The van der Waals surface area contributed by atoms with Crippen LogP contribution in [0.5, 0.6) is 0 Å². The lowest BCUT2D eigenvalue weighted by Gasteiger charge is -2.26. The first kappa shape index (κ1) is 16.0. The second-order valence-electron chi connectivity index (χ2n) is 4.84. The zero-order valence-electron chi connectivity index (χ0n) is 12.0. The van der Waals surface area contributed by atoms with E-state index in [1.54, 1.807) is 30.3 Å². The summed E-state index contributed by atoms with van der Waals surface area (Å²) in [5, 5.41) is 9.17. The maximum absolute atomic E-state index is 12.8. The predicted molar refractivity (Wildman–Crippen MR) is 84.1 cm³/mol. The minimum atomic E-state index is -3.97. The predicted octanol–water partition coefficient (Wildman–Crippen LogP) is 1.50. The maximum Gasteiger partial charge on any atom is 0.311 e. The molecule has 3 rings (SSSR count). The molecule has 0 unspecified atom stereocenters. The van der Waals surface area contributed by atoms with Crippen LogP contribution in [0.4, 0.5) is 0 Å². The normalized spacial score (nSPS) is 16.2. The van der Waals surface area contributed by atoms with Crippen LogP contribution in [-0.2, 0) is 14.9 Å². The van der Waals surface area contributed by atoms with Crippen LogP contribution in [0.1, 0.15) is 5.82 Å². The standard InChI is InChI=1S/C14H13ClN4O3S/c15-14-13(11-4-2-1-3-5-11)17-12(10-16)19(14)23(20,21)18-6-8-22-9-7-18/h1-5H,6-9H2. The first-order valence-corrected chi connectivity index (χ1v) is 8.65. The monoisotopic (exact) mass is 352 g/mol. The molecule has 0 amide bonds. The molecule has 7 nitrogen and oxygen atoms in total. The van der Waals surface area contributed by atoms with Crippen LogP contribution in [0.3, 0.4) is 0 Å². The van der Waals surface area contributed by atoms with E-state index in [-0.39, 0.29) is 29.8 Å². The summed E-state index contributed by atoms with van der Waals surface area (Å²) in [6, 6.07) is 10.7. The molecule has 1 saturated heterocycles. The lowest BCUT2D eigenvalue weighted by molar-refractivity contribution is 0.0725. The highest BCUT2D eigenvalue weighted by molar-refractivity contribution is 7.87. The van der Waals surface area contributed by atoms with Crippen molar-refractivity contribution >= 4 is 21.8 Å². The Balaban J connectivity index is 2.13. The second-order valence-corrected chi connectivity index (χ2v) is 6.97. The Kier molecular flexibility index (Phi) is 4.37. The van der Waals surface area contributed by atoms with E-state index in [4.69, 9.17) is 16.3 Å². The van der Waals surface area contributed by atoms with Gasteiger partial charge in [-0.15, -0.1) is 0 Å². The molecule has 1 fully saturated rings. The van der Waals surface area contributed by atoms with Crippen molar-refractivity contribution in [2.24, 2.45) is 0 Å². The highest BCUT2D eigenvalue weighted by Gasteiger charge is 2.32. The first-order chi connectivity index (χ1) is 11.1. The summed E-state index contributed by atoms with van der Waals surface area (Å²) in [7, 11) is -3.97. The Morgan fingerprint density at radius 2 is 1.87 bits per heavy atom.